The van der Waals surface area contributed by atoms with Crippen molar-refractivity contribution in [3.05, 3.63) is 101 Å². The van der Waals surface area contributed by atoms with Crippen molar-refractivity contribution >= 4 is 34.8 Å². The average Bonchev–Trinajstić information content (AvgIpc) is 2.83. The van der Waals surface area contributed by atoms with Crippen molar-refractivity contribution in [1.29, 1.82) is 0 Å². The number of nitrogens with zero attached hydrogens (tertiary/aromatic N) is 2. The molecule has 1 N–H and O–H groups in total. The zero-order valence-corrected chi connectivity index (χ0v) is 19.1. The largest absolute Gasteiger partial charge is 0.368 e. The van der Waals surface area contributed by atoms with E-state index in [9.17, 15) is 4.79 Å². The van der Waals surface area contributed by atoms with E-state index in [0.29, 0.717) is 17.1 Å². The summed E-state index contributed by atoms with van der Waals surface area (Å²) < 4.78 is 0. The minimum Gasteiger partial charge on any atom is -0.368 e. The SMILES string of the molecule is CN1CCN(c2ccccc2C=C(C(=O)NCc2ccc(Cl)cc2)c2ccccc2)CC1. The van der Waals surface area contributed by atoms with E-state index >= 15 is 0 Å². The minimum absolute atomic E-state index is 0.0978. The molecule has 0 bridgehead atoms. The van der Waals surface area contributed by atoms with Gasteiger partial charge in [-0.15, -0.1) is 0 Å². The number of amides is 1. The summed E-state index contributed by atoms with van der Waals surface area (Å²) in [5.74, 6) is -0.0978. The predicted molar refractivity (Wildman–Crippen MR) is 134 cm³/mol. The summed E-state index contributed by atoms with van der Waals surface area (Å²) in [4.78, 5) is 18.0. The molecule has 1 saturated heterocycles. The summed E-state index contributed by atoms with van der Waals surface area (Å²) >= 11 is 5.98. The van der Waals surface area contributed by atoms with Gasteiger partial charge in [-0.3, -0.25) is 4.79 Å². The second kappa shape index (κ2) is 10.5. The lowest BCUT2D eigenvalue weighted by molar-refractivity contribution is -0.115. The van der Waals surface area contributed by atoms with Crippen LogP contribution in [0.25, 0.3) is 11.6 Å². The van der Waals surface area contributed by atoms with Crippen LogP contribution in [-0.2, 0) is 11.3 Å². The smallest absolute Gasteiger partial charge is 0.252 e. The average molecular weight is 446 g/mol. The van der Waals surface area contributed by atoms with E-state index in [1.54, 1.807) is 0 Å². The summed E-state index contributed by atoms with van der Waals surface area (Å²) in [5.41, 5.74) is 4.78. The van der Waals surface area contributed by atoms with Gasteiger partial charge in [-0.1, -0.05) is 72.3 Å². The van der Waals surface area contributed by atoms with Crippen LogP contribution in [0.4, 0.5) is 5.69 Å². The van der Waals surface area contributed by atoms with E-state index in [2.05, 4.69) is 40.4 Å². The number of para-hydroxylation sites is 1. The van der Waals surface area contributed by atoms with Gasteiger partial charge in [0.25, 0.3) is 5.91 Å². The first-order valence-electron chi connectivity index (χ1n) is 10.9. The number of hydrogen-bond donors (Lipinski definition) is 1. The molecule has 1 fully saturated rings. The first-order chi connectivity index (χ1) is 15.6. The van der Waals surface area contributed by atoms with E-state index in [1.807, 2.05) is 66.7 Å². The number of rotatable bonds is 6. The lowest BCUT2D eigenvalue weighted by Crippen LogP contribution is -2.44. The maximum atomic E-state index is 13.3. The number of anilines is 1. The Morgan fingerprint density at radius 3 is 2.28 bits per heavy atom. The summed E-state index contributed by atoms with van der Waals surface area (Å²) in [6.07, 6.45) is 2.01. The Morgan fingerprint density at radius 1 is 0.906 bits per heavy atom. The van der Waals surface area contributed by atoms with Gasteiger partial charge in [0.2, 0.25) is 0 Å². The van der Waals surface area contributed by atoms with Gasteiger partial charge in [0.15, 0.2) is 0 Å². The molecule has 1 heterocycles. The van der Waals surface area contributed by atoms with Gasteiger partial charge in [-0.2, -0.15) is 0 Å². The van der Waals surface area contributed by atoms with E-state index in [-0.39, 0.29) is 5.91 Å². The van der Waals surface area contributed by atoms with E-state index in [1.165, 1.54) is 5.69 Å². The monoisotopic (exact) mass is 445 g/mol. The van der Waals surface area contributed by atoms with Crippen molar-refractivity contribution in [3.8, 4) is 0 Å². The highest BCUT2D eigenvalue weighted by Crippen LogP contribution is 2.27. The zero-order valence-electron chi connectivity index (χ0n) is 18.3. The lowest BCUT2D eigenvalue weighted by Gasteiger charge is -2.35. The first kappa shape index (κ1) is 22.1. The van der Waals surface area contributed by atoms with Crippen molar-refractivity contribution in [2.75, 3.05) is 38.1 Å². The Hall–Kier alpha value is -3.08. The molecular formula is C27H28ClN3O. The Morgan fingerprint density at radius 2 is 1.56 bits per heavy atom. The van der Waals surface area contributed by atoms with Crippen LogP contribution in [0.5, 0.6) is 0 Å². The van der Waals surface area contributed by atoms with Crippen LogP contribution in [0.3, 0.4) is 0 Å². The Labute approximate surface area is 195 Å². The fourth-order valence-corrected chi connectivity index (χ4v) is 4.00. The Bertz CT molecular complexity index is 1070. The topological polar surface area (TPSA) is 35.6 Å². The van der Waals surface area contributed by atoms with Gasteiger partial charge in [0.05, 0.1) is 0 Å². The molecule has 4 nitrogen and oxygen atoms in total. The number of carbonyl (C=O) groups excluding carboxylic acids is 1. The second-order valence-corrected chi connectivity index (χ2v) is 8.52. The van der Waals surface area contributed by atoms with Crippen LogP contribution in [-0.4, -0.2) is 44.0 Å². The quantitative estimate of drug-likeness (QED) is 0.430. The third-order valence-electron chi connectivity index (χ3n) is 5.78. The molecule has 164 valence electrons. The molecule has 5 heteroatoms. The molecule has 1 aliphatic rings. The fraction of sp³-hybridized carbons (Fsp3) is 0.222. The number of likely N-dealkylation sites (N-methyl/N-ethyl adjacent to an activating group) is 1. The van der Waals surface area contributed by atoms with Gasteiger partial charge in [-0.25, -0.2) is 0 Å². The molecule has 0 aromatic heterocycles. The summed E-state index contributed by atoms with van der Waals surface area (Å²) in [7, 11) is 2.15. The normalized spacial score (nSPS) is 14.9. The van der Waals surface area contributed by atoms with Gasteiger partial charge >= 0.3 is 0 Å². The molecule has 1 aliphatic heterocycles. The number of carbonyl (C=O) groups is 1. The molecule has 0 spiro atoms. The number of hydrogen-bond acceptors (Lipinski definition) is 3. The van der Waals surface area contributed by atoms with Crippen LogP contribution >= 0.6 is 11.6 Å². The van der Waals surface area contributed by atoms with Crippen molar-refractivity contribution in [2.24, 2.45) is 0 Å². The number of halogens is 1. The molecule has 0 unspecified atom stereocenters. The van der Waals surface area contributed by atoms with Crippen molar-refractivity contribution < 1.29 is 4.79 Å². The van der Waals surface area contributed by atoms with Crippen LogP contribution < -0.4 is 10.2 Å². The third-order valence-corrected chi connectivity index (χ3v) is 6.03. The number of nitrogens with one attached hydrogen (secondary N) is 1. The molecule has 4 rings (SSSR count). The summed E-state index contributed by atoms with van der Waals surface area (Å²) in [6.45, 7) is 4.46. The maximum Gasteiger partial charge on any atom is 0.252 e. The first-order valence-corrected chi connectivity index (χ1v) is 11.3. The molecule has 3 aromatic carbocycles. The molecule has 0 atom stereocenters. The van der Waals surface area contributed by atoms with E-state index < -0.39 is 0 Å². The highest BCUT2D eigenvalue weighted by molar-refractivity contribution is 6.30. The van der Waals surface area contributed by atoms with E-state index in [0.717, 1.165) is 42.9 Å². The Balaban J connectivity index is 1.62. The van der Waals surface area contributed by atoms with Gasteiger partial charge < -0.3 is 15.1 Å². The molecular weight excluding hydrogens is 418 g/mol. The molecule has 3 aromatic rings. The van der Waals surface area contributed by atoms with E-state index in [4.69, 9.17) is 11.6 Å². The zero-order chi connectivity index (χ0) is 22.3. The fourth-order valence-electron chi connectivity index (χ4n) is 3.88. The molecule has 32 heavy (non-hydrogen) atoms. The van der Waals surface area contributed by atoms with Crippen LogP contribution in [0, 0.1) is 0 Å². The van der Waals surface area contributed by atoms with Crippen LogP contribution in [0.2, 0.25) is 5.02 Å². The molecule has 1 amide bonds. The second-order valence-electron chi connectivity index (χ2n) is 8.08. The van der Waals surface area contributed by atoms with Crippen molar-refractivity contribution in [3.63, 3.8) is 0 Å². The van der Waals surface area contributed by atoms with Crippen molar-refractivity contribution in [1.82, 2.24) is 10.2 Å². The molecule has 0 aliphatic carbocycles. The number of benzene rings is 3. The highest BCUT2D eigenvalue weighted by Gasteiger charge is 2.18. The third kappa shape index (κ3) is 5.58. The standard InChI is InChI=1S/C27H28ClN3O/c1-30-15-17-31(18-16-30)26-10-6-5-9-23(26)19-25(22-7-3-2-4-8-22)27(32)29-20-21-11-13-24(28)14-12-21/h2-14,19H,15-18,20H2,1H3,(H,29,32). The van der Waals surface area contributed by atoms with Crippen LogP contribution in [0.1, 0.15) is 16.7 Å². The lowest BCUT2D eigenvalue weighted by atomic mass is 10.0. The van der Waals surface area contributed by atoms with Crippen LogP contribution in [0.15, 0.2) is 78.9 Å². The molecule has 0 saturated carbocycles. The summed E-state index contributed by atoms with van der Waals surface area (Å²) in [5, 5.41) is 3.76. The summed E-state index contributed by atoms with van der Waals surface area (Å²) in [6, 6.07) is 25.7. The Kier molecular flexibility index (Phi) is 7.25. The minimum atomic E-state index is -0.0978. The predicted octanol–water partition coefficient (Wildman–Crippen LogP) is 4.95. The molecule has 0 radical (unpaired) electrons. The van der Waals surface area contributed by atoms with Gasteiger partial charge in [0.1, 0.15) is 0 Å². The van der Waals surface area contributed by atoms with Gasteiger partial charge in [0, 0.05) is 49.0 Å². The highest BCUT2D eigenvalue weighted by atomic mass is 35.5. The number of piperazine rings is 1. The van der Waals surface area contributed by atoms with Gasteiger partial charge in [-0.05, 0) is 48.0 Å². The maximum absolute atomic E-state index is 13.3. The van der Waals surface area contributed by atoms with Crippen molar-refractivity contribution in [2.45, 2.75) is 6.54 Å².